The second kappa shape index (κ2) is 4.57. The zero-order chi connectivity index (χ0) is 13.2. The molecule has 3 aromatic rings. The first-order chi connectivity index (χ1) is 9.27. The number of nitrogens with zero attached hydrogens (tertiary/aromatic N) is 2. The van der Waals surface area contributed by atoms with Crippen molar-refractivity contribution in [1.82, 2.24) is 14.8 Å². The third-order valence-electron chi connectivity index (χ3n) is 3.09. The summed E-state index contributed by atoms with van der Waals surface area (Å²) in [5.41, 5.74) is 3.20. The van der Waals surface area contributed by atoms with E-state index >= 15 is 0 Å². The van der Waals surface area contributed by atoms with Crippen LogP contribution < -0.4 is 5.56 Å². The van der Waals surface area contributed by atoms with Gasteiger partial charge in [0, 0.05) is 23.5 Å². The van der Waals surface area contributed by atoms with Crippen LogP contribution in [0.2, 0.25) is 0 Å². The van der Waals surface area contributed by atoms with E-state index in [2.05, 4.69) is 10.1 Å². The number of pyridine rings is 1. The van der Waals surface area contributed by atoms with Crippen LogP contribution in [-0.2, 0) is 0 Å². The monoisotopic (exact) mass is 251 g/mol. The topological polar surface area (TPSA) is 50.7 Å². The number of para-hydroxylation sites is 1. The van der Waals surface area contributed by atoms with Crippen molar-refractivity contribution in [2.75, 3.05) is 0 Å². The fourth-order valence-corrected chi connectivity index (χ4v) is 2.07. The quantitative estimate of drug-likeness (QED) is 0.761. The molecule has 0 saturated carbocycles. The molecule has 4 heteroatoms. The number of hydrogen-bond donors (Lipinski definition) is 1. The number of nitrogens with one attached hydrogen (secondary N) is 1. The van der Waals surface area contributed by atoms with Gasteiger partial charge in [-0.25, -0.2) is 4.68 Å². The van der Waals surface area contributed by atoms with E-state index < -0.39 is 0 Å². The van der Waals surface area contributed by atoms with Gasteiger partial charge in [-0.15, -0.1) is 0 Å². The largest absolute Gasteiger partial charge is 0.290 e. The van der Waals surface area contributed by atoms with Crippen molar-refractivity contribution in [2.45, 2.75) is 6.92 Å². The Labute approximate surface area is 110 Å². The molecule has 1 N–H and O–H groups in total. The van der Waals surface area contributed by atoms with Gasteiger partial charge in [-0.3, -0.25) is 14.9 Å². The summed E-state index contributed by atoms with van der Waals surface area (Å²) in [7, 11) is 0. The van der Waals surface area contributed by atoms with Gasteiger partial charge in [0.1, 0.15) is 0 Å². The van der Waals surface area contributed by atoms with Gasteiger partial charge in [-0.1, -0.05) is 18.2 Å². The van der Waals surface area contributed by atoms with E-state index in [4.69, 9.17) is 0 Å². The van der Waals surface area contributed by atoms with Gasteiger partial charge >= 0.3 is 0 Å². The first kappa shape index (κ1) is 11.5. The van der Waals surface area contributed by atoms with Crippen LogP contribution in [0.4, 0.5) is 0 Å². The number of rotatable bonds is 2. The second-order valence-electron chi connectivity index (χ2n) is 4.33. The predicted molar refractivity (Wildman–Crippen MR) is 74.4 cm³/mol. The highest BCUT2D eigenvalue weighted by molar-refractivity contribution is 5.61. The molecule has 0 bridgehead atoms. The minimum absolute atomic E-state index is 0.0370. The molecule has 19 heavy (non-hydrogen) atoms. The molecule has 0 spiro atoms. The van der Waals surface area contributed by atoms with Gasteiger partial charge in [-0.05, 0) is 31.2 Å². The SMILES string of the molecule is Cc1c(-c2cccnc2)[nH]n(-c2ccccc2)c1=O. The van der Waals surface area contributed by atoms with Gasteiger partial charge in [0.2, 0.25) is 0 Å². The molecule has 0 unspecified atom stereocenters. The Morgan fingerprint density at radius 1 is 1.11 bits per heavy atom. The zero-order valence-corrected chi connectivity index (χ0v) is 10.5. The van der Waals surface area contributed by atoms with Gasteiger partial charge in [0.15, 0.2) is 0 Å². The van der Waals surface area contributed by atoms with E-state index in [1.165, 1.54) is 0 Å². The van der Waals surface area contributed by atoms with Crippen molar-refractivity contribution < 1.29 is 0 Å². The molecule has 0 aliphatic heterocycles. The highest BCUT2D eigenvalue weighted by Crippen LogP contribution is 2.18. The maximum atomic E-state index is 12.3. The van der Waals surface area contributed by atoms with Crippen molar-refractivity contribution >= 4 is 0 Å². The fraction of sp³-hybridized carbons (Fsp3) is 0.0667. The molecule has 0 atom stereocenters. The normalized spacial score (nSPS) is 10.6. The second-order valence-corrected chi connectivity index (χ2v) is 4.33. The van der Waals surface area contributed by atoms with Crippen LogP contribution >= 0.6 is 0 Å². The predicted octanol–water partition coefficient (Wildman–Crippen LogP) is 2.54. The molecule has 2 heterocycles. The van der Waals surface area contributed by atoms with E-state index in [1.807, 2.05) is 49.4 Å². The third kappa shape index (κ3) is 1.97. The Balaban J connectivity index is 2.19. The molecule has 0 saturated heterocycles. The Morgan fingerprint density at radius 2 is 1.89 bits per heavy atom. The lowest BCUT2D eigenvalue weighted by atomic mass is 10.1. The van der Waals surface area contributed by atoms with E-state index in [0.29, 0.717) is 5.56 Å². The van der Waals surface area contributed by atoms with Crippen molar-refractivity contribution in [3.63, 3.8) is 0 Å². The van der Waals surface area contributed by atoms with Crippen LogP contribution in [0, 0.1) is 6.92 Å². The summed E-state index contributed by atoms with van der Waals surface area (Å²) in [6.45, 7) is 1.82. The molecular formula is C15H13N3O. The third-order valence-corrected chi connectivity index (χ3v) is 3.09. The van der Waals surface area contributed by atoms with E-state index in [-0.39, 0.29) is 5.56 Å². The first-order valence-electron chi connectivity index (χ1n) is 6.05. The summed E-state index contributed by atoms with van der Waals surface area (Å²) in [5.74, 6) is 0. The van der Waals surface area contributed by atoms with E-state index in [1.54, 1.807) is 17.1 Å². The number of hydrogen-bond acceptors (Lipinski definition) is 2. The number of H-pyrrole nitrogens is 1. The Bertz CT molecular complexity index is 742. The number of aromatic amines is 1. The molecule has 0 radical (unpaired) electrons. The highest BCUT2D eigenvalue weighted by atomic mass is 16.1. The van der Waals surface area contributed by atoms with E-state index in [0.717, 1.165) is 16.9 Å². The van der Waals surface area contributed by atoms with Crippen molar-refractivity contribution in [3.05, 3.63) is 70.8 Å². The highest BCUT2D eigenvalue weighted by Gasteiger charge is 2.12. The standard InChI is InChI=1S/C15H13N3O/c1-11-14(12-6-5-9-16-10-12)17-18(15(11)19)13-7-3-2-4-8-13/h2-10,17H,1H3. The summed E-state index contributed by atoms with van der Waals surface area (Å²) in [5, 5.41) is 3.15. The fourth-order valence-electron chi connectivity index (χ4n) is 2.07. The van der Waals surface area contributed by atoms with Gasteiger partial charge < -0.3 is 0 Å². The molecule has 94 valence electrons. The lowest BCUT2D eigenvalue weighted by molar-refractivity contribution is 0.851. The molecule has 0 amide bonds. The summed E-state index contributed by atoms with van der Waals surface area (Å²) in [6.07, 6.45) is 3.46. The van der Waals surface area contributed by atoms with Crippen molar-refractivity contribution in [3.8, 4) is 16.9 Å². The lowest BCUT2D eigenvalue weighted by Crippen LogP contribution is -2.15. The zero-order valence-electron chi connectivity index (χ0n) is 10.5. The van der Waals surface area contributed by atoms with Crippen LogP contribution in [-0.4, -0.2) is 14.8 Å². The average molecular weight is 251 g/mol. The van der Waals surface area contributed by atoms with Crippen LogP contribution in [0.25, 0.3) is 16.9 Å². The van der Waals surface area contributed by atoms with Gasteiger partial charge in [0.25, 0.3) is 5.56 Å². The summed E-state index contributed by atoms with van der Waals surface area (Å²) in [6, 6.07) is 13.3. The first-order valence-corrected chi connectivity index (χ1v) is 6.05. The van der Waals surface area contributed by atoms with E-state index in [9.17, 15) is 4.79 Å². The summed E-state index contributed by atoms with van der Waals surface area (Å²) in [4.78, 5) is 16.4. The average Bonchev–Trinajstić information content (AvgIpc) is 2.77. The van der Waals surface area contributed by atoms with Crippen LogP contribution in [0.15, 0.2) is 59.7 Å². The van der Waals surface area contributed by atoms with Crippen LogP contribution in [0.5, 0.6) is 0 Å². The number of aromatic nitrogens is 3. The molecule has 2 aromatic heterocycles. The van der Waals surface area contributed by atoms with Crippen LogP contribution in [0.1, 0.15) is 5.56 Å². The molecular weight excluding hydrogens is 238 g/mol. The minimum Gasteiger partial charge on any atom is -0.290 e. The minimum atomic E-state index is -0.0370. The van der Waals surface area contributed by atoms with Crippen LogP contribution in [0.3, 0.4) is 0 Å². The summed E-state index contributed by atoms with van der Waals surface area (Å²) < 4.78 is 1.55. The molecule has 0 aliphatic carbocycles. The molecule has 3 rings (SSSR count). The van der Waals surface area contributed by atoms with Crippen molar-refractivity contribution in [1.29, 1.82) is 0 Å². The van der Waals surface area contributed by atoms with Gasteiger partial charge in [0.05, 0.1) is 11.4 Å². The molecule has 0 fully saturated rings. The number of benzene rings is 1. The maximum absolute atomic E-state index is 12.3. The Kier molecular flexibility index (Phi) is 2.76. The maximum Gasteiger partial charge on any atom is 0.274 e. The lowest BCUT2D eigenvalue weighted by Gasteiger charge is -2.01. The molecule has 4 nitrogen and oxygen atoms in total. The Hall–Kier alpha value is -2.62. The molecule has 0 aliphatic rings. The Morgan fingerprint density at radius 3 is 2.58 bits per heavy atom. The van der Waals surface area contributed by atoms with Gasteiger partial charge in [-0.2, -0.15) is 0 Å². The van der Waals surface area contributed by atoms with Crippen molar-refractivity contribution in [2.24, 2.45) is 0 Å². The molecule has 1 aromatic carbocycles. The smallest absolute Gasteiger partial charge is 0.274 e. The summed E-state index contributed by atoms with van der Waals surface area (Å²) >= 11 is 0.